The largest absolute Gasteiger partial charge is 0.363 e. The molecule has 1 aromatic rings. The molecule has 1 aromatic heterocycles. The maximum absolute atomic E-state index is 12.2. The van der Waals surface area contributed by atoms with Crippen molar-refractivity contribution in [2.45, 2.75) is 31.6 Å². The number of pyridine rings is 1. The molecule has 2 aliphatic rings. The van der Waals surface area contributed by atoms with Gasteiger partial charge in [0.05, 0.1) is 24.6 Å². The molecule has 0 unspecified atom stereocenters. The van der Waals surface area contributed by atoms with Crippen LogP contribution in [0.5, 0.6) is 0 Å². The molecule has 0 spiro atoms. The molecule has 1 amide bonds. The molecule has 0 bridgehead atoms. The molecule has 3 atom stereocenters. The van der Waals surface area contributed by atoms with Crippen LogP contribution in [0.1, 0.15) is 18.5 Å². The molecule has 23 heavy (non-hydrogen) atoms. The molecule has 3 rings (SSSR count). The van der Waals surface area contributed by atoms with E-state index in [2.05, 4.69) is 10.3 Å². The minimum Gasteiger partial charge on any atom is -0.363 e. The van der Waals surface area contributed by atoms with Crippen LogP contribution in [-0.2, 0) is 26.1 Å². The van der Waals surface area contributed by atoms with Crippen molar-refractivity contribution >= 4 is 15.9 Å². The zero-order chi connectivity index (χ0) is 16.4. The summed E-state index contributed by atoms with van der Waals surface area (Å²) in [6, 6.07) is 5.54. The van der Waals surface area contributed by atoms with Crippen LogP contribution < -0.4 is 5.32 Å². The number of hydrogen-bond acceptors (Lipinski definition) is 5. The predicted octanol–water partition coefficient (Wildman–Crippen LogP) is 0.137. The summed E-state index contributed by atoms with van der Waals surface area (Å²) < 4.78 is 30.5. The molecule has 3 heterocycles. The number of rotatable bonds is 4. The van der Waals surface area contributed by atoms with Crippen LogP contribution in [0, 0.1) is 5.92 Å². The van der Waals surface area contributed by atoms with Gasteiger partial charge in [0.25, 0.3) is 0 Å². The van der Waals surface area contributed by atoms with E-state index in [0.29, 0.717) is 26.1 Å². The Kier molecular flexibility index (Phi) is 4.65. The average molecular weight is 339 g/mol. The van der Waals surface area contributed by atoms with Gasteiger partial charge in [0.1, 0.15) is 6.10 Å². The molecule has 0 aromatic carbocycles. The second-order valence-corrected chi connectivity index (χ2v) is 8.09. The second kappa shape index (κ2) is 6.54. The number of nitrogens with one attached hydrogen (secondary N) is 1. The van der Waals surface area contributed by atoms with E-state index in [1.54, 1.807) is 6.20 Å². The molecule has 0 saturated carbocycles. The number of carbonyl (C=O) groups excluding carboxylic acids is 1. The third-order valence-corrected chi connectivity index (χ3v) is 5.72. The van der Waals surface area contributed by atoms with Crippen molar-refractivity contribution in [2.75, 3.05) is 19.3 Å². The van der Waals surface area contributed by atoms with E-state index < -0.39 is 16.1 Å². The highest BCUT2D eigenvalue weighted by molar-refractivity contribution is 7.88. The first-order chi connectivity index (χ1) is 10.9. The van der Waals surface area contributed by atoms with E-state index in [-0.39, 0.29) is 17.9 Å². The molecule has 1 N–H and O–H groups in total. The number of carbonyl (C=O) groups is 1. The van der Waals surface area contributed by atoms with E-state index in [1.165, 1.54) is 10.6 Å². The van der Waals surface area contributed by atoms with Gasteiger partial charge in [-0.3, -0.25) is 9.78 Å². The van der Waals surface area contributed by atoms with Crippen molar-refractivity contribution in [3.63, 3.8) is 0 Å². The first-order valence-corrected chi connectivity index (χ1v) is 9.56. The molecule has 126 valence electrons. The van der Waals surface area contributed by atoms with Gasteiger partial charge in [-0.15, -0.1) is 0 Å². The number of hydrogen-bond donors (Lipinski definition) is 1. The van der Waals surface area contributed by atoms with Crippen molar-refractivity contribution in [2.24, 2.45) is 5.92 Å². The first kappa shape index (κ1) is 16.4. The summed E-state index contributed by atoms with van der Waals surface area (Å²) in [5, 5.41) is 2.83. The Morgan fingerprint density at radius 3 is 3.00 bits per heavy atom. The van der Waals surface area contributed by atoms with Gasteiger partial charge in [-0.25, -0.2) is 8.42 Å². The van der Waals surface area contributed by atoms with Gasteiger partial charge in [-0.05, 0) is 30.9 Å². The highest BCUT2D eigenvalue weighted by Crippen LogP contribution is 2.34. The third-order valence-electron chi connectivity index (χ3n) is 4.45. The maximum Gasteiger partial charge on any atom is 0.249 e. The van der Waals surface area contributed by atoms with E-state index in [1.807, 2.05) is 18.2 Å². The van der Waals surface area contributed by atoms with Crippen LogP contribution in [0.2, 0.25) is 0 Å². The molecule has 8 heteroatoms. The number of aromatic nitrogens is 1. The van der Waals surface area contributed by atoms with Gasteiger partial charge < -0.3 is 10.1 Å². The fourth-order valence-electron chi connectivity index (χ4n) is 3.17. The highest BCUT2D eigenvalue weighted by Gasteiger charge is 2.43. The fourth-order valence-corrected chi connectivity index (χ4v) is 4.02. The van der Waals surface area contributed by atoms with Crippen LogP contribution in [0.15, 0.2) is 24.4 Å². The van der Waals surface area contributed by atoms with E-state index in [9.17, 15) is 13.2 Å². The zero-order valence-electron chi connectivity index (χ0n) is 13.0. The molecule has 2 saturated heterocycles. The van der Waals surface area contributed by atoms with Gasteiger partial charge in [0.2, 0.25) is 15.9 Å². The summed E-state index contributed by atoms with van der Waals surface area (Å²) in [4.78, 5) is 16.4. The Balaban J connectivity index is 1.54. The van der Waals surface area contributed by atoms with Gasteiger partial charge in [-0.2, -0.15) is 4.31 Å². The monoisotopic (exact) mass is 339 g/mol. The lowest BCUT2D eigenvalue weighted by molar-refractivity contribution is -0.132. The summed E-state index contributed by atoms with van der Waals surface area (Å²) >= 11 is 0. The Labute approximate surface area is 136 Å². The Morgan fingerprint density at radius 2 is 2.30 bits per heavy atom. The number of piperidine rings is 1. The van der Waals surface area contributed by atoms with Gasteiger partial charge >= 0.3 is 0 Å². The summed E-state index contributed by atoms with van der Waals surface area (Å²) in [7, 11) is -3.20. The second-order valence-electron chi connectivity index (χ2n) is 6.11. The van der Waals surface area contributed by atoms with Gasteiger partial charge in [0, 0.05) is 19.3 Å². The van der Waals surface area contributed by atoms with Crippen LogP contribution in [0.25, 0.3) is 0 Å². The SMILES string of the molecule is CS(=O)(=O)N1CC[C@@H]2C[C@H](C(=O)NCc3ccccn3)O[C@H]2C1. The van der Waals surface area contributed by atoms with Crippen molar-refractivity contribution in [3.8, 4) is 0 Å². The molecule has 2 fully saturated rings. The van der Waals surface area contributed by atoms with Crippen molar-refractivity contribution < 1.29 is 17.9 Å². The van der Waals surface area contributed by atoms with Crippen molar-refractivity contribution in [1.29, 1.82) is 0 Å². The molecular formula is C15H21N3O4S. The number of nitrogens with zero attached hydrogens (tertiary/aromatic N) is 2. The van der Waals surface area contributed by atoms with E-state index in [4.69, 9.17) is 4.74 Å². The molecular weight excluding hydrogens is 318 g/mol. The summed E-state index contributed by atoms with van der Waals surface area (Å²) in [5.74, 6) is 0.0922. The smallest absolute Gasteiger partial charge is 0.249 e. The maximum atomic E-state index is 12.2. The van der Waals surface area contributed by atoms with Crippen LogP contribution >= 0.6 is 0 Å². The lowest BCUT2D eigenvalue weighted by Crippen LogP contribution is -2.45. The minimum absolute atomic E-state index is 0.157. The number of fused-ring (bicyclic) bond motifs is 1. The third kappa shape index (κ3) is 3.88. The molecule has 2 aliphatic heterocycles. The van der Waals surface area contributed by atoms with Gasteiger partial charge in [-0.1, -0.05) is 6.07 Å². The van der Waals surface area contributed by atoms with E-state index >= 15 is 0 Å². The summed E-state index contributed by atoms with van der Waals surface area (Å²) in [6.45, 7) is 1.21. The number of ether oxygens (including phenoxy) is 1. The predicted molar refractivity (Wildman–Crippen MR) is 83.9 cm³/mol. The molecule has 0 aliphatic carbocycles. The van der Waals surface area contributed by atoms with E-state index in [0.717, 1.165) is 12.1 Å². The number of sulfonamides is 1. The van der Waals surface area contributed by atoms with Crippen LogP contribution in [0.4, 0.5) is 0 Å². The summed E-state index contributed by atoms with van der Waals surface area (Å²) in [5.41, 5.74) is 0.791. The molecule has 7 nitrogen and oxygen atoms in total. The lowest BCUT2D eigenvalue weighted by atomic mass is 9.93. The first-order valence-electron chi connectivity index (χ1n) is 7.71. The topological polar surface area (TPSA) is 88.6 Å². The number of amides is 1. The zero-order valence-corrected chi connectivity index (χ0v) is 13.8. The van der Waals surface area contributed by atoms with Crippen molar-refractivity contribution in [1.82, 2.24) is 14.6 Å². The van der Waals surface area contributed by atoms with Crippen LogP contribution in [0.3, 0.4) is 0 Å². The fraction of sp³-hybridized carbons (Fsp3) is 0.600. The Morgan fingerprint density at radius 1 is 1.48 bits per heavy atom. The normalized spacial score (nSPS) is 28.3. The quantitative estimate of drug-likeness (QED) is 0.843. The Bertz CT molecular complexity index is 665. The van der Waals surface area contributed by atoms with Crippen LogP contribution in [-0.4, -0.2) is 55.2 Å². The lowest BCUT2D eigenvalue weighted by Gasteiger charge is -2.32. The Hall–Kier alpha value is -1.51. The minimum atomic E-state index is -3.20. The summed E-state index contributed by atoms with van der Waals surface area (Å²) in [6.07, 6.45) is 3.58. The average Bonchev–Trinajstić information content (AvgIpc) is 2.96. The van der Waals surface area contributed by atoms with Gasteiger partial charge in [0.15, 0.2) is 0 Å². The standard InChI is InChI=1S/C15H21N3O4S/c1-23(20,21)18-7-5-11-8-13(22-14(11)10-18)15(19)17-9-12-4-2-3-6-16-12/h2-4,6,11,13-14H,5,7-10H2,1H3,(H,17,19)/t11-,13-,14+/m1/s1. The van der Waals surface area contributed by atoms with Crippen molar-refractivity contribution in [3.05, 3.63) is 30.1 Å². The molecule has 0 radical (unpaired) electrons. The highest BCUT2D eigenvalue weighted by atomic mass is 32.2.